The lowest BCUT2D eigenvalue weighted by atomic mass is 10.1. The van der Waals surface area contributed by atoms with Gasteiger partial charge in [-0.3, -0.25) is 0 Å². The molecule has 0 radical (unpaired) electrons. The molecule has 0 spiro atoms. The van der Waals surface area contributed by atoms with E-state index in [1.165, 1.54) is 0 Å². The van der Waals surface area contributed by atoms with Crippen LogP contribution in [-0.4, -0.2) is 18.0 Å². The molecule has 90 valence electrons. The molecule has 0 saturated carbocycles. The number of hydrogen-bond donors (Lipinski definition) is 0. The van der Waals surface area contributed by atoms with Crippen LogP contribution in [0.5, 0.6) is 0 Å². The third-order valence-corrected chi connectivity index (χ3v) is 4.09. The molecule has 1 aliphatic rings. The minimum atomic E-state index is -3.70. The molecule has 0 N–H and O–H groups in total. The number of imidazole rings is 1. The Hall–Kier alpha value is -0.550. The Bertz CT molecular complexity index is 493. The van der Waals surface area contributed by atoms with Gasteiger partial charge in [0, 0.05) is 23.6 Å². The first-order valence-corrected chi connectivity index (χ1v) is 7.88. The zero-order chi connectivity index (χ0) is 11.8. The van der Waals surface area contributed by atoms with E-state index in [2.05, 4.69) is 11.9 Å². The molecule has 4 nitrogen and oxygen atoms in total. The van der Waals surface area contributed by atoms with Crippen LogP contribution in [0.4, 0.5) is 0 Å². The minimum Gasteiger partial charge on any atom is -0.331 e. The van der Waals surface area contributed by atoms with Crippen molar-refractivity contribution in [1.82, 2.24) is 9.55 Å². The zero-order valence-electron chi connectivity index (χ0n) is 9.24. The number of nitrogens with zero attached hydrogens (tertiary/aromatic N) is 2. The lowest BCUT2D eigenvalue weighted by Crippen LogP contribution is -2.13. The van der Waals surface area contributed by atoms with Gasteiger partial charge < -0.3 is 4.57 Å². The molecule has 1 aliphatic heterocycles. The predicted octanol–water partition coefficient (Wildman–Crippen LogP) is 2.10. The third kappa shape index (κ3) is 2.11. The van der Waals surface area contributed by atoms with Gasteiger partial charge in [-0.05, 0) is 25.7 Å². The largest absolute Gasteiger partial charge is 0.331 e. The summed E-state index contributed by atoms with van der Waals surface area (Å²) in [6, 6.07) is 0. The van der Waals surface area contributed by atoms with Gasteiger partial charge in [0.15, 0.2) is 5.03 Å². The van der Waals surface area contributed by atoms with Crippen LogP contribution in [-0.2, 0) is 28.4 Å². The maximum Gasteiger partial charge on any atom is 0.280 e. The summed E-state index contributed by atoms with van der Waals surface area (Å²) in [4.78, 5) is 4.20. The van der Waals surface area contributed by atoms with E-state index in [-0.39, 0.29) is 5.03 Å². The van der Waals surface area contributed by atoms with Crippen molar-refractivity contribution in [2.24, 2.45) is 0 Å². The number of aryl methyl sites for hydroxylation is 1. The van der Waals surface area contributed by atoms with Crippen molar-refractivity contribution in [3.8, 4) is 0 Å². The molecule has 0 unspecified atom stereocenters. The fourth-order valence-corrected chi connectivity index (χ4v) is 3.27. The van der Waals surface area contributed by atoms with Crippen molar-refractivity contribution in [2.75, 3.05) is 0 Å². The van der Waals surface area contributed by atoms with E-state index < -0.39 is 9.05 Å². The Kier molecular flexibility index (Phi) is 3.26. The number of aromatic nitrogens is 2. The Labute approximate surface area is 100 Å². The second-order valence-electron chi connectivity index (χ2n) is 4.08. The van der Waals surface area contributed by atoms with Crippen LogP contribution < -0.4 is 0 Å². The fourth-order valence-electron chi connectivity index (χ4n) is 2.19. The van der Waals surface area contributed by atoms with Gasteiger partial charge in [-0.2, -0.15) is 0 Å². The van der Waals surface area contributed by atoms with Gasteiger partial charge in [-0.1, -0.05) is 6.92 Å². The van der Waals surface area contributed by atoms with Crippen molar-refractivity contribution in [3.05, 3.63) is 11.5 Å². The van der Waals surface area contributed by atoms with E-state index >= 15 is 0 Å². The molecule has 1 aromatic rings. The molecule has 0 saturated heterocycles. The molecular formula is C10H15ClN2O2S. The molecule has 16 heavy (non-hydrogen) atoms. The maximum atomic E-state index is 11.4. The standard InChI is InChI=1S/C10H15ClN2O2S/c1-2-5-9-12-10(16(11,14)15)8-6-3-4-7-13(8)9/h2-7H2,1H3. The molecule has 0 aromatic carbocycles. The molecule has 0 amide bonds. The van der Waals surface area contributed by atoms with Crippen LogP contribution in [0.3, 0.4) is 0 Å². The van der Waals surface area contributed by atoms with Crippen LogP contribution in [0.25, 0.3) is 0 Å². The van der Waals surface area contributed by atoms with Crippen LogP contribution in [0.15, 0.2) is 5.03 Å². The molecule has 0 atom stereocenters. The smallest absolute Gasteiger partial charge is 0.280 e. The molecule has 0 aliphatic carbocycles. The monoisotopic (exact) mass is 262 g/mol. The highest BCUT2D eigenvalue weighted by molar-refractivity contribution is 8.13. The normalized spacial score (nSPS) is 16.1. The second kappa shape index (κ2) is 4.37. The van der Waals surface area contributed by atoms with Crippen LogP contribution in [0.1, 0.15) is 37.7 Å². The van der Waals surface area contributed by atoms with Crippen molar-refractivity contribution in [2.45, 2.75) is 50.6 Å². The van der Waals surface area contributed by atoms with Gasteiger partial charge in [-0.15, -0.1) is 0 Å². The predicted molar refractivity (Wildman–Crippen MR) is 62.2 cm³/mol. The Balaban J connectivity index is 2.55. The summed E-state index contributed by atoms with van der Waals surface area (Å²) >= 11 is 0. The van der Waals surface area contributed by atoms with Gasteiger partial charge >= 0.3 is 0 Å². The number of halogens is 1. The average Bonchev–Trinajstić information content (AvgIpc) is 2.58. The van der Waals surface area contributed by atoms with Crippen molar-refractivity contribution >= 4 is 19.7 Å². The van der Waals surface area contributed by atoms with E-state index in [9.17, 15) is 8.42 Å². The van der Waals surface area contributed by atoms with Gasteiger partial charge in [0.2, 0.25) is 0 Å². The van der Waals surface area contributed by atoms with Crippen LogP contribution in [0, 0.1) is 0 Å². The van der Waals surface area contributed by atoms with Crippen molar-refractivity contribution in [3.63, 3.8) is 0 Å². The molecule has 0 bridgehead atoms. The van der Waals surface area contributed by atoms with E-state index in [0.717, 1.165) is 50.2 Å². The van der Waals surface area contributed by atoms with Crippen molar-refractivity contribution in [1.29, 1.82) is 0 Å². The van der Waals surface area contributed by atoms with E-state index in [1.54, 1.807) is 0 Å². The zero-order valence-corrected chi connectivity index (χ0v) is 10.8. The first-order valence-electron chi connectivity index (χ1n) is 5.57. The average molecular weight is 263 g/mol. The highest BCUT2D eigenvalue weighted by Crippen LogP contribution is 2.26. The quantitative estimate of drug-likeness (QED) is 0.784. The SMILES string of the molecule is CCCc1nc(S(=O)(=O)Cl)c2n1CCCC2. The lowest BCUT2D eigenvalue weighted by Gasteiger charge is -2.16. The molecule has 6 heteroatoms. The summed E-state index contributed by atoms with van der Waals surface area (Å²) in [5.74, 6) is 0.858. The Morgan fingerprint density at radius 1 is 1.44 bits per heavy atom. The second-order valence-corrected chi connectivity index (χ2v) is 6.56. The summed E-state index contributed by atoms with van der Waals surface area (Å²) in [7, 11) is 1.70. The first kappa shape index (κ1) is 11.9. The molecule has 1 aromatic heterocycles. The van der Waals surface area contributed by atoms with Crippen molar-refractivity contribution < 1.29 is 8.42 Å². The summed E-state index contributed by atoms with van der Waals surface area (Å²) in [6.07, 6.45) is 4.62. The molecule has 2 heterocycles. The van der Waals surface area contributed by atoms with E-state index in [1.807, 2.05) is 4.57 Å². The molecule has 2 rings (SSSR count). The molecular weight excluding hydrogens is 248 g/mol. The maximum absolute atomic E-state index is 11.4. The number of fused-ring (bicyclic) bond motifs is 1. The van der Waals surface area contributed by atoms with Gasteiger partial charge in [0.25, 0.3) is 9.05 Å². The summed E-state index contributed by atoms with van der Waals surface area (Å²) in [5, 5.41) is 0.0808. The van der Waals surface area contributed by atoms with E-state index in [0.29, 0.717) is 0 Å². The fraction of sp³-hybridized carbons (Fsp3) is 0.700. The number of hydrogen-bond acceptors (Lipinski definition) is 3. The van der Waals surface area contributed by atoms with Gasteiger partial charge in [-0.25, -0.2) is 13.4 Å². The number of rotatable bonds is 3. The third-order valence-electron chi connectivity index (χ3n) is 2.86. The highest BCUT2D eigenvalue weighted by Gasteiger charge is 2.26. The topological polar surface area (TPSA) is 52.0 Å². The summed E-state index contributed by atoms with van der Waals surface area (Å²) in [6.45, 7) is 2.92. The lowest BCUT2D eigenvalue weighted by molar-refractivity contribution is 0.507. The van der Waals surface area contributed by atoms with Crippen LogP contribution >= 0.6 is 10.7 Å². The summed E-state index contributed by atoms with van der Waals surface area (Å²) < 4.78 is 24.9. The van der Waals surface area contributed by atoms with E-state index in [4.69, 9.17) is 10.7 Å². The first-order chi connectivity index (χ1) is 7.54. The summed E-state index contributed by atoms with van der Waals surface area (Å²) in [5.41, 5.74) is 0.796. The minimum absolute atomic E-state index is 0.0808. The van der Waals surface area contributed by atoms with Gasteiger partial charge in [0.1, 0.15) is 5.82 Å². The van der Waals surface area contributed by atoms with Crippen LogP contribution in [0.2, 0.25) is 0 Å². The molecule has 0 fully saturated rings. The Morgan fingerprint density at radius 2 is 2.19 bits per heavy atom. The Morgan fingerprint density at radius 3 is 2.81 bits per heavy atom. The van der Waals surface area contributed by atoms with Gasteiger partial charge in [0.05, 0.1) is 5.69 Å². The highest BCUT2D eigenvalue weighted by atomic mass is 35.7.